The predicted octanol–water partition coefficient (Wildman–Crippen LogP) is 3.99. The van der Waals surface area contributed by atoms with Gasteiger partial charge in [0.1, 0.15) is 0 Å². The highest BCUT2D eigenvalue weighted by atomic mass is 35.5. The van der Waals surface area contributed by atoms with Gasteiger partial charge in [-0.3, -0.25) is 9.69 Å². The number of nitrogens with one attached hydrogen (secondary N) is 1. The molecule has 0 unspecified atom stereocenters. The monoisotopic (exact) mass is 362 g/mol. The Balaban J connectivity index is 0.00000146. The first-order chi connectivity index (χ1) is 11.2. The van der Waals surface area contributed by atoms with Gasteiger partial charge in [-0.1, -0.05) is 6.07 Å². The smallest absolute Gasteiger partial charge is 0.251 e. The Morgan fingerprint density at radius 2 is 2.04 bits per heavy atom. The number of benzene rings is 1. The molecule has 128 valence electrons. The Labute approximate surface area is 152 Å². The van der Waals surface area contributed by atoms with Crippen molar-refractivity contribution in [3.8, 4) is 0 Å². The molecule has 1 amide bonds. The maximum atomic E-state index is 12.8. The Kier molecular flexibility index (Phi) is 3.90. The lowest BCUT2D eigenvalue weighted by molar-refractivity contribution is -0.00144. The van der Waals surface area contributed by atoms with E-state index in [1.165, 1.54) is 54.4 Å². The molecule has 6 rings (SSSR count). The minimum atomic E-state index is 0. The van der Waals surface area contributed by atoms with E-state index < -0.39 is 0 Å². The molecule has 1 N–H and O–H groups in total. The summed E-state index contributed by atoms with van der Waals surface area (Å²) in [6.07, 6.45) is 5.01. The van der Waals surface area contributed by atoms with Gasteiger partial charge >= 0.3 is 0 Å². The van der Waals surface area contributed by atoms with Crippen LogP contribution in [0.2, 0.25) is 0 Å². The van der Waals surface area contributed by atoms with Gasteiger partial charge in [-0.2, -0.15) is 0 Å². The average Bonchev–Trinajstić information content (AvgIpc) is 3.28. The topological polar surface area (TPSA) is 32.3 Å². The summed E-state index contributed by atoms with van der Waals surface area (Å²) in [5, 5.41) is 6.85. The lowest BCUT2D eigenvalue weighted by Gasteiger charge is -2.52. The highest BCUT2D eigenvalue weighted by Gasteiger charge is 2.60. The third-order valence-corrected chi connectivity index (χ3v) is 7.36. The normalized spacial score (nSPS) is 29.5. The quantitative estimate of drug-likeness (QED) is 0.876. The van der Waals surface area contributed by atoms with Crippen LogP contribution in [0.5, 0.6) is 0 Å². The fourth-order valence-electron chi connectivity index (χ4n) is 4.85. The minimum absolute atomic E-state index is 0. The first-order valence-corrected chi connectivity index (χ1v) is 9.59. The van der Waals surface area contributed by atoms with Crippen molar-refractivity contribution in [1.82, 2.24) is 10.2 Å². The summed E-state index contributed by atoms with van der Waals surface area (Å²) in [5.41, 5.74) is 2.42. The van der Waals surface area contributed by atoms with Crippen molar-refractivity contribution in [2.24, 2.45) is 5.92 Å². The van der Waals surface area contributed by atoms with Crippen LogP contribution < -0.4 is 5.32 Å². The summed E-state index contributed by atoms with van der Waals surface area (Å²) in [5.74, 6) is 0.794. The number of hydrogen-bond acceptors (Lipinski definition) is 3. The van der Waals surface area contributed by atoms with Gasteiger partial charge in [0.2, 0.25) is 0 Å². The Bertz CT molecular complexity index is 790. The fraction of sp³-hybridized carbons (Fsp3) is 0.526. The van der Waals surface area contributed by atoms with E-state index in [1.807, 2.05) is 6.07 Å². The molecule has 1 aromatic heterocycles. The molecule has 3 nitrogen and oxygen atoms in total. The Morgan fingerprint density at radius 3 is 2.75 bits per heavy atom. The maximum Gasteiger partial charge on any atom is 0.251 e. The van der Waals surface area contributed by atoms with Crippen LogP contribution in [0.25, 0.3) is 10.1 Å². The van der Waals surface area contributed by atoms with Gasteiger partial charge in [0.15, 0.2) is 0 Å². The van der Waals surface area contributed by atoms with E-state index in [0.29, 0.717) is 17.5 Å². The molecule has 4 heterocycles. The first-order valence-electron chi connectivity index (χ1n) is 8.71. The van der Waals surface area contributed by atoms with E-state index in [2.05, 4.69) is 34.7 Å². The van der Waals surface area contributed by atoms with E-state index in [-0.39, 0.29) is 18.3 Å². The van der Waals surface area contributed by atoms with Crippen LogP contribution in [0, 0.1) is 12.8 Å². The molecule has 1 atom stereocenters. The van der Waals surface area contributed by atoms with Crippen molar-refractivity contribution in [2.45, 2.75) is 44.2 Å². The zero-order valence-corrected chi connectivity index (χ0v) is 15.5. The molecule has 5 heteroatoms. The van der Waals surface area contributed by atoms with Crippen LogP contribution in [0.1, 0.15) is 41.6 Å². The van der Waals surface area contributed by atoms with Gasteiger partial charge in [-0.05, 0) is 80.1 Å². The van der Waals surface area contributed by atoms with Crippen LogP contribution in [0.4, 0.5) is 0 Å². The number of nitrogens with zero attached hydrogens (tertiary/aromatic N) is 1. The number of thiophene rings is 1. The van der Waals surface area contributed by atoms with Gasteiger partial charge in [-0.15, -0.1) is 23.7 Å². The lowest BCUT2D eigenvalue weighted by atomic mass is 9.77. The third kappa shape index (κ3) is 2.31. The van der Waals surface area contributed by atoms with Crippen molar-refractivity contribution in [2.75, 3.05) is 13.1 Å². The standard InChI is InChI=1S/C19H22N2OS.ClH/c1-12-11-23-16-10-14(2-3-15(12)16)18(22)20-17-13-4-8-21(9-5-13)19(17)6-7-19;/h2-3,10-11,13,17H,4-9H2,1H3,(H,20,22);1H/t17-;/m1./s1. The number of carbonyl (C=O) groups is 1. The number of carbonyl (C=O) groups excluding carboxylic acids is 1. The van der Waals surface area contributed by atoms with Crippen LogP contribution >= 0.6 is 23.7 Å². The van der Waals surface area contributed by atoms with Crippen LogP contribution in [-0.4, -0.2) is 35.5 Å². The third-order valence-electron chi connectivity index (χ3n) is 6.30. The van der Waals surface area contributed by atoms with E-state index in [0.717, 1.165) is 5.56 Å². The predicted molar refractivity (Wildman–Crippen MR) is 101 cm³/mol. The summed E-state index contributed by atoms with van der Waals surface area (Å²) >= 11 is 1.73. The van der Waals surface area contributed by atoms with Gasteiger partial charge < -0.3 is 5.32 Å². The molecule has 1 saturated carbocycles. The molecule has 4 fully saturated rings. The maximum absolute atomic E-state index is 12.8. The SMILES string of the molecule is Cc1csc2cc(C(=O)N[C@@H]3C4CCN(CC4)C34CC4)ccc12.Cl. The highest BCUT2D eigenvalue weighted by molar-refractivity contribution is 7.17. The molecular formula is C19H23ClN2OS. The number of aryl methyl sites for hydroxylation is 1. The van der Waals surface area contributed by atoms with Gasteiger partial charge in [0.25, 0.3) is 5.91 Å². The zero-order chi connectivity index (χ0) is 15.6. The number of hydrogen-bond donors (Lipinski definition) is 1. The molecule has 24 heavy (non-hydrogen) atoms. The molecule has 1 aliphatic carbocycles. The Morgan fingerprint density at radius 1 is 1.29 bits per heavy atom. The summed E-state index contributed by atoms with van der Waals surface area (Å²) in [6, 6.07) is 6.50. The molecule has 3 saturated heterocycles. The van der Waals surface area contributed by atoms with Crippen molar-refractivity contribution >= 4 is 39.7 Å². The Hall–Kier alpha value is -1.10. The molecule has 1 aromatic carbocycles. The number of rotatable bonds is 2. The molecular weight excluding hydrogens is 340 g/mol. The highest BCUT2D eigenvalue weighted by Crippen LogP contribution is 2.53. The van der Waals surface area contributed by atoms with Gasteiger partial charge in [-0.25, -0.2) is 0 Å². The zero-order valence-electron chi connectivity index (χ0n) is 13.9. The molecule has 1 spiro atoms. The van der Waals surface area contributed by atoms with Gasteiger partial charge in [0, 0.05) is 15.8 Å². The average molecular weight is 363 g/mol. The number of piperidine rings is 3. The fourth-order valence-corrected chi connectivity index (χ4v) is 5.83. The first kappa shape index (κ1) is 16.4. The number of amides is 1. The second kappa shape index (κ2) is 5.72. The van der Waals surface area contributed by atoms with Crippen LogP contribution in [0.15, 0.2) is 23.6 Å². The van der Waals surface area contributed by atoms with E-state index in [1.54, 1.807) is 11.3 Å². The van der Waals surface area contributed by atoms with Crippen molar-refractivity contribution < 1.29 is 4.79 Å². The van der Waals surface area contributed by atoms with Crippen molar-refractivity contribution in [3.05, 3.63) is 34.7 Å². The second-order valence-corrected chi connectivity index (χ2v) is 8.42. The van der Waals surface area contributed by atoms with E-state index in [9.17, 15) is 4.79 Å². The molecule has 4 aliphatic rings. The molecule has 3 aliphatic heterocycles. The summed E-state index contributed by atoms with van der Waals surface area (Å²) in [7, 11) is 0. The van der Waals surface area contributed by atoms with Crippen LogP contribution in [-0.2, 0) is 0 Å². The number of halogens is 1. The van der Waals surface area contributed by atoms with Gasteiger partial charge in [0.05, 0.1) is 6.04 Å². The van der Waals surface area contributed by atoms with E-state index in [4.69, 9.17) is 0 Å². The lowest BCUT2D eigenvalue weighted by Crippen LogP contribution is -2.65. The molecule has 2 aromatic rings. The summed E-state index contributed by atoms with van der Waals surface area (Å²) in [6.45, 7) is 4.59. The second-order valence-electron chi connectivity index (χ2n) is 7.51. The molecule has 0 radical (unpaired) electrons. The summed E-state index contributed by atoms with van der Waals surface area (Å²) < 4.78 is 1.21. The van der Waals surface area contributed by atoms with Crippen molar-refractivity contribution in [3.63, 3.8) is 0 Å². The van der Waals surface area contributed by atoms with E-state index >= 15 is 0 Å². The largest absolute Gasteiger partial charge is 0.347 e. The number of fused-ring (bicyclic) bond motifs is 3. The van der Waals surface area contributed by atoms with Crippen molar-refractivity contribution in [1.29, 1.82) is 0 Å². The molecule has 2 bridgehead atoms. The summed E-state index contributed by atoms with van der Waals surface area (Å²) in [4.78, 5) is 15.5. The minimum Gasteiger partial charge on any atom is -0.347 e. The van der Waals surface area contributed by atoms with Crippen LogP contribution in [0.3, 0.4) is 0 Å².